The number of nitrogens with zero attached hydrogens (tertiary/aromatic N) is 2. The van der Waals surface area contributed by atoms with Gasteiger partial charge in [0.2, 0.25) is 0 Å². The molecule has 0 unspecified atom stereocenters. The van der Waals surface area contributed by atoms with E-state index in [0.29, 0.717) is 17.1 Å². The van der Waals surface area contributed by atoms with E-state index in [9.17, 15) is 33.8 Å². The molecule has 0 saturated carbocycles. The van der Waals surface area contributed by atoms with Gasteiger partial charge in [0, 0.05) is 41.3 Å². The number of aromatic carboxylic acids is 1. The zero-order valence-electron chi connectivity index (χ0n) is 19.7. The molecular weight excluding hydrogens is 502 g/mol. The largest absolute Gasteiger partial charge is 0.478 e. The van der Waals surface area contributed by atoms with E-state index in [-0.39, 0.29) is 28.4 Å². The lowest BCUT2D eigenvalue weighted by Gasteiger charge is -2.09. The molecule has 4 aromatic rings. The minimum absolute atomic E-state index is 0.0187. The normalized spacial score (nSPS) is 10.1. The number of non-ortho nitro benzene ring substituents is 2. The van der Waals surface area contributed by atoms with E-state index < -0.39 is 21.6 Å². The Bertz CT molecular complexity index is 1480. The monoisotopic (exact) mass is 522 g/mol. The number of carboxylic acids is 1. The van der Waals surface area contributed by atoms with E-state index in [0.717, 1.165) is 23.8 Å². The molecule has 0 aliphatic carbocycles. The van der Waals surface area contributed by atoms with Crippen LogP contribution in [0.4, 0.5) is 42.9 Å². The van der Waals surface area contributed by atoms with Crippen molar-refractivity contribution in [1.82, 2.24) is 0 Å². The highest BCUT2D eigenvalue weighted by molar-refractivity contribution is 5.95. The highest BCUT2D eigenvalue weighted by Gasteiger charge is 2.15. The number of hydrogen-bond acceptors (Lipinski definition) is 7. The van der Waals surface area contributed by atoms with Crippen molar-refractivity contribution in [2.75, 3.05) is 10.6 Å². The number of carbonyl (C=O) groups is 1. The van der Waals surface area contributed by atoms with Crippen molar-refractivity contribution in [2.45, 2.75) is 6.92 Å². The molecule has 0 bridgehead atoms. The van der Waals surface area contributed by atoms with Crippen molar-refractivity contribution >= 4 is 40.1 Å². The Kier molecular flexibility index (Phi) is 8.61. The molecule has 0 aliphatic heterocycles. The van der Waals surface area contributed by atoms with Crippen molar-refractivity contribution in [3.8, 4) is 0 Å². The Labute approximate surface area is 214 Å². The molecule has 4 rings (SSSR count). The number of nitrogens with one attached hydrogen (secondary N) is 2. The first-order valence-electron chi connectivity index (χ1n) is 10.9. The average molecular weight is 522 g/mol. The Morgan fingerprint density at radius 2 is 1.13 bits per heavy atom. The molecule has 0 aromatic heterocycles. The van der Waals surface area contributed by atoms with E-state index in [4.69, 9.17) is 5.11 Å². The number of benzene rings is 4. The van der Waals surface area contributed by atoms with Crippen molar-refractivity contribution in [2.24, 2.45) is 0 Å². The first-order chi connectivity index (χ1) is 18.0. The molecule has 10 nitrogen and oxygen atoms in total. The molecule has 4 aromatic carbocycles. The molecule has 0 saturated heterocycles. The smallest absolute Gasteiger partial charge is 0.337 e. The predicted octanol–water partition coefficient (Wildman–Crippen LogP) is 6.96. The highest BCUT2D eigenvalue weighted by atomic mass is 19.1. The molecule has 0 fully saturated rings. The van der Waals surface area contributed by atoms with Crippen LogP contribution in [-0.2, 0) is 0 Å². The van der Waals surface area contributed by atoms with Crippen molar-refractivity contribution in [1.29, 1.82) is 0 Å². The Morgan fingerprint density at radius 3 is 1.58 bits per heavy atom. The van der Waals surface area contributed by atoms with Gasteiger partial charge in [0.15, 0.2) is 0 Å². The third-order valence-corrected chi connectivity index (χ3v) is 5.12. The molecule has 194 valence electrons. The number of anilines is 4. The third-order valence-electron chi connectivity index (χ3n) is 5.12. The number of nitro benzene ring substituents is 2. The van der Waals surface area contributed by atoms with Crippen LogP contribution in [0.3, 0.4) is 0 Å². The summed E-state index contributed by atoms with van der Waals surface area (Å²) in [4.78, 5) is 31.4. The third kappa shape index (κ3) is 7.31. The van der Waals surface area contributed by atoms with Crippen LogP contribution < -0.4 is 10.6 Å². The standard InChI is InChI=1S/C13H9FN2O4.C13H11FN2O2/c14-8-1-3-9(4-2-8)15-12-7-10(16(19)20)5-6-11(12)13(17)18;1-9-2-7-12(16(17)18)8-13(9)15-11-5-3-10(14)4-6-11/h1-7,15H,(H,17,18);2-8,15H,1H3. The number of halogens is 2. The number of nitro groups is 2. The number of hydrogen-bond donors (Lipinski definition) is 3. The van der Waals surface area contributed by atoms with Gasteiger partial charge in [0.25, 0.3) is 11.4 Å². The maximum atomic E-state index is 12.8. The summed E-state index contributed by atoms with van der Waals surface area (Å²) in [6, 6.07) is 19.0. The van der Waals surface area contributed by atoms with Gasteiger partial charge in [-0.25, -0.2) is 13.6 Å². The van der Waals surface area contributed by atoms with Gasteiger partial charge in [-0.05, 0) is 67.1 Å². The van der Waals surface area contributed by atoms with Crippen LogP contribution in [0.15, 0.2) is 84.9 Å². The molecule has 0 atom stereocenters. The number of carboxylic acid groups (broad SMARTS) is 1. The topological polar surface area (TPSA) is 148 Å². The average Bonchev–Trinajstić information content (AvgIpc) is 2.88. The molecule has 38 heavy (non-hydrogen) atoms. The van der Waals surface area contributed by atoms with Gasteiger partial charge in [-0.2, -0.15) is 0 Å². The minimum Gasteiger partial charge on any atom is -0.478 e. The lowest BCUT2D eigenvalue weighted by Crippen LogP contribution is -2.03. The van der Waals surface area contributed by atoms with E-state index in [1.807, 2.05) is 6.92 Å². The van der Waals surface area contributed by atoms with Crippen LogP contribution in [0.1, 0.15) is 15.9 Å². The first kappa shape index (κ1) is 27.2. The molecular formula is C26H20F2N4O6. The van der Waals surface area contributed by atoms with Crippen LogP contribution in [0.2, 0.25) is 0 Å². The number of rotatable bonds is 7. The molecule has 0 aliphatic rings. The Morgan fingerprint density at radius 1 is 0.711 bits per heavy atom. The van der Waals surface area contributed by atoms with Crippen LogP contribution in [0.25, 0.3) is 0 Å². The zero-order valence-corrected chi connectivity index (χ0v) is 19.7. The van der Waals surface area contributed by atoms with Crippen molar-refractivity contribution in [3.05, 3.63) is 128 Å². The fraction of sp³-hybridized carbons (Fsp3) is 0.0385. The lowest BCUT2D eigenvalue weighted by molar-refractivity contribution is -0.385. The van der Waals surface area contributed by atoms with Crippen LogP contribution >= 0.6 is 0 Å². The fourth-order valence-electron chi connectivity index (χ4n) is 3.17. The SMILES string of the molecule is Cc1ccc([N+](=O)[O-])cc1Nc1ccc(F)cc1.O=C(O)c1ccc([N+](=O)[O-])cc1Nc1ccc(F)cc1. The van der Waals surface area contributed by atoms with E-state index >= 15 is 0 Å². The summed E-state index contributed by atoms with van der Waals surface area (Å²) < 4.78 is 25.5. The van der Waals surface area contributed by atoms with Crippen LogP contribution in [0.5, 0.6) is 0 Å². The molecule has 0 heterocycles. The van der Waals surface area contributed by atoms with Gasteiger partial charge in [0.05, 0.1) is 21.1 Å². The predicted molar refractivity (Wildman–Crippen MR) is 137 cm³/mol. The zero-order chi connectivity index (χ0) is 27.8. The van der Waals surface area contributed by atoms with E-state index in [2.05, 4.69) is 10.6 Å². The summed E-state index contributed by atoms with van der Waals surface area (Å²) in [6.45, 7) is 1.84. The quantitative estimate of drug-likeness (QED) is 0.174. The minimum atomic E-state index is -1.22. The Balaban J connectivity index is 0.000000212. The fourth-order valence-corrected chi connectivity index (χ4v) is 3.17. The summed E-state index contributed by atoms with van der Waals surface area (Å²) in [5.41, 5.74) is 2.36. The summed E-state index contributed by atoms with van der Waals surface area (Å²) in [5, 5.41) is 36.2. The lowest BCUT2D eigenvalue weighted by atomic mass is 10.1. The van der Waals surface area contributed by atoms with Gasteiger partial charge in [-0.1, -0.05) is 6.07 Å². The molecule has 12 heteroatoms. The summed E-state index contributed by atoms with van der Waals surface area (Å²) in [5.74, 6) is -1.98. The molecule has 0 radical (unpaired) electrons. The van der Waals surface area contributed by atoms with E-state index in [1.54, 1.807) is 18.2 Å². The second-order valence-corrected chi connectivity index (χ2v) is 7.81. The summed E-state index contributed by atoms with van der Waals surface area (Å²) >= 11 is 0. The van der Waals surface area contributed by atoms with Gasteiger partial charge in [-0.15, -0.1) is 0 Å². The molecule has 3 N–H and O–H groups in total. The Hall–Kier alpha value is -5.39. The molecule has 0 amide bonds. The molecule has 0 spiro atoms. The number of aryl methyl sites for hydroxylation is 1. The van der Waals surface area contributed by atoms with Gasteiger partial charge >= 0.3 is 5.97 Å². The van der Waals surface area contributed by atoms with Crippen LogP contribution in [0, 0.1) is 38.8 Å². The maximum Gasteiger partial charge on any atom is 0.337 e. The maximum absolute atomic E-state index is 12.8. The van der Waals surface area contributed by atoms with Crippen LogP contribution in [-0.4, -0.2) is 20.9 Å². The van der Waals surface area contributed by atoms with Crippen molar-refractivity contribution < 1.29 is 28.5 Å². The van der Waals surface area contributed by atoms with Gasteiger partial charge in [0.1, 0.15) is 11.6 Å². The highest BCUT2D eigenvalue weighted by Crippen LogP contribution is 2.27. The second-order valence-electron chi connectivity index (χ2n) is 7.81. The summed E-state index contributed by atoms with van der Waals surface area (Å²) in [6.07, 6.45) is 0. The van der Waals surface area contributed by atoms with E-state index in [1.165, 1.54) is 48.5 Å². The second kappa shape index (κ2) is 12.0. The first-order valence-corrected chi connectivity index (χ1v) is 10.9. The summed E-state index contributed by atoms with van der Waals surface area (Å²) in [7, 11) is 0. The van der Waals surface area contributed by atoms with Crippen molar-refractivity contribution in [3.63, 3.8) is 0 Å². The van der Waals surface area contributed by atoms with Gasteiger partial charge < -0.3 is 15.7 Å². The van der Waals surface area contributed by atoms with Gasteiger partial charge in [-0.3, -0.25) is 20.2 Å².